The lowest BCUT2D eigenvalue weighted by Crippen LogP contribution is -2.49. The van der Waals surface area contributed by atoms with Crippen molar-refractivity contribution in [1.29, 1.82) is 0 Å². The second kappa shape index (κ2) is 12.2. The van der Waals surface area contributed by atoms with Crippen molar-refractivity contribution >= 4 is 52.1 Å². The molecule has 0 spiro atoms. The lowest BCUT2D eigenvalue weighted by Gasteiger charge is -2.50. The van der Waals surface area contributed by atoms with E-state index >= 15 is 0 Å². The maximum Gasteiger partial charge on any atom is 0.240 e. The number of fused-ring (bicyclic) bond motifs is 1. The highest BCUT2D eigenvalue weighted by Gasteiger charge is 2.47. The minimum Gasteiger partial charge on any atom is -0.492 e. The average molecular weight is 585 g/mol. The molecule has 0 aromatic heterocycles. The van der Waals surface area contributed by atoms with Crippen molar-refractivity contribution in [3.8, 4) is 5.75 Å². The van der Waals surface area contributed by atoms with Crippen LogP contribution in [0.2, 0.25) is 5.02 Å². The van der Waals surface area contributed by atoms with Gasteiger partial charge in [0.05, 0.1) is 4.90 Å². The molecule has 6 nitrogen and oxygen atoms in total. The Morgan fingerprint density at radius 3 is 2.38 bits per heavy atom. The molecule has 2 aliphatic rings. The Hall–Kier alpha value is -2.00. The molecule has 5 rings (SSSR count). The first-order valence-electron chi connectivity index (χ1n) is 12.0. The van der Waals surface area contributed by atoms with Crippen LogP contribution in [0.25, 0.3) is 0 Å². The Bertz CT molecular complexity index is 1300. The molecule has 10 heteroatoms. The molecule has 3 aromatic carbocycles. The van der Waals surface area contributed by atoms with E-state index in [-0.39, 0.29) is 54.3 Å². The third-order valence-electron chi connectivity index (χ3n) is 7.24. The number of rotatable bonds is 8. The first-order chi connectivity index (χ1) is 16.9. The summed E-state index contributed by atoms with van der Waals surface area (Å²) in [6, 6.07) is 20.8. The van der Waals surface area contributed by atoms with Gasteiger partial charge in [0.1, 0.15) is 12.4 Å². The molecule has 1 fully saturated rings. The van der Waals surface area contributed by atoms with Gasteiger partial charge in [-0.3, -0.25) is 0 Å². The lowest BCUT2D eigenvalue weighted by molar-refractivity contribution is 0.164. The average Bonchev–Trinajstić information content (AvgIpc) is 2.83. The van der Waals surface area contributed by atoms with Crippen molar-refractivity contribution in [3.05, 3.63) is 88.4 Å². The van der Waals surface area contributed by atoms with Gasteiger partial charge in [0.15, 0.2) is 0 Å². The van der Waals surface area contributed by atoms with Crippen LogP contribution in [0.5, 0.6) is 5.75 Å². The minimum absolute atomic E-state index is 0. The van der Waals surface area contributed by atoms with Crippen molar-refractivity contribution in [3.63, 3.8) is 0 Å². The standard InChI is InChI=1S/C27H30ClN3O3S.2ClH/c28-21-5-3-20(4-6-21)27(13-1-14-27)26-25-18-23(9-2-19(25)12-15-30-26)34-17-16-31-35(32,33)24-10-7-22(29)8-11-24;;/h2-11,18,26,30-31H,1,12-17,29H2;2*1H. The van der Waals surface area contributed by atoms with Crippen molar-refractivity contribution in [2.75, 3.05) is 25.4 Å². The topological polar surface area (TPSA) is 93.5 Å². The van der Waals surface area contributed by atoms with E-state index in [0.717, 1.165) is 36.6 Å². The van der Waals surface area contributed by atoms with Gasteiger partial charge in [0.25, 0.3) is 0 Å². The summed E-state index contributed by atoms with van der Waals surface area (Å²) >= 11 is 6.16. The van der Waals surface area contributed by atoms with Crippen LogP contribution in [0.1, 0.15) is 42.0 Å². The monoisotopic (exact) mass is 583 g/mol. The van der Waals surface area contributed by atoms with Gasteiger partial charge in [0.2, 0.25) is 10.0 Å². The third-order valence-corrected chi connectivity index (χ3v) is 8.97. The van der Waals surface area contributed by atoms with Gasteiger partial charge in [-0.25, -0.2) is 13.1 Å². The number of halogens is 3. The van der Waals surface area contributed by atoms with E-state index in [1.54, 1.807) is 12.1 Å². The Morgan fingerprint density at radius 2 is 1.73 bits per heavy atom. The predicted molar refractivity (Wildman–Crippen MR) is 154 cm³/mol. The summed E-state index contributed by atoms with van der Waals surface area (Å²) in [6.45, 7) is 1.34. The molecule has 200 valence electrons. The highest BCUT2D eigenvalue weighted by atomic mass is 35.5. The van der Waals surface area contributed by atoms with Gasteiger partial charge >= 0.3 is 0 Å². The fourth-order valence-corrected chi connectivity index (χ4v) is 6.41. The highest BCUT2D eigenvalue weighted by molar-refractivity contribution is 7.89. The van der Waals surface area contributed by atoms with Crippen LogP contribution in [-0.2, 0) is 21.9 Å². The first kappa shape index (κ1) is 29.6. The third kappa shape index (κ3) is 6.19. The molecular weight excluding hydrogens is 553 g/mol. The van der Waals surface area contributed by atoms with Crippen molar-refractivity contribution in [2.24, 2.45) is 0 Å². The first-order valence-corrected chi connectivity index (χ1v) is 13.8. The van der Waals surface area contributed by atoms with E-state index in [4.69, 9.17) is 22.1 Å². The van der Waals surface area contributed by atoms with E-state index < -0.39 is 10.0 Å². The Labute approximate surface area is 236 Å². The van der Waals surface area contributed by atoms with Gasteiger partial charge in [-0.15, -0.1) is 24.8 Å². The molecule has 37 heavy (non-hydrogen) atoms. The zero-order chi connectivity index (χ0) is 24.5. The van der Waals surface area contributed by atoms with Gasteiger partial charge in [-0.2, -0.15) is 0 Å². The number of hydrogen-bond donors (Lipinski definition) is 3. The fraction of sp³-hybridized carbons (Fsp3) is 0.333. The summed E-state index contributed by atoms with van der Waals surface area (Å²) in [5.74, 6) is 0.745. The van der Waals surface area contributed by atoms with Crippen LogP contribution >= 0.6 is 36.4 Å². The normalized spacial score (nSPS) is 17.9. The second-order valence-electron chi connectivity index (χ2n) is 9.33. The van der Waals surface area contributed by atoms with E-state index in [1.165, 1.54) is 35.2 Å². The zero-order valence-corrected chi connectivity index (χ0v) is 23.5. The molecule has 1 aliphatic carbocycles. The molecule has 0 amide bonds. The Balaban J connectivity index is 0.00000190. The summed E-state index contributed by atoms with van der Waals surface area (Å²) in [6.07, 6.45) is 4.44. The smallest absolute Gasteiger partial charge is 0.240 e. The largest absolute Gasteiger partial charge is 0.492 e. The molecule has 1 unspecified atom stereocenters. The highest BCUT2D eigenvalue weighted by Crippen LogP contribution is 2.53. The van der Waals surface area contributed by atoms with Crippen molar-refractivity contribution < 1.29 is 13.2 Å². The predicted octanol–water partition coefficient (Wildman–Crippen LogP) is 5.43. The molecule has 0 bridgehead atoms. The molecule has 1 saturated carbocycles. The summed E-state index contributed by atoms with van der Waals surface area (Å²) in [5.41, 5.74) is 10.1. The summed E-state index contributed by atoms with van der Waals surface area (Å²) in [7, 11) is -3.61. The summed E-state index contributed by atoms with van der Waals surface area (Å²) in [5, 5.41) is 4.53. The number of nitrogens with one attached hydrogen (secondary N) is 2. The minimum atomic E-state index is -3.61. The molecular formula is C27H32Cl3N3O3S. The zero-order valence-electron chi connectivity index (χ0n) is 20.3. The molecule has 4 N–H and O–H groups in total. The number of ether oxygens (including phenoxy) is 1. The van der Waals surface area contributed by atoms with Crippen LogP contribution < -0.4 is 20.5 Å². The van der Waals surface area contributed by atoms with Crippen LogP contribution in [0.4, 0.5) is 5.69 Å². The Morgan fingerprint density at radius 1 is 1.03 bits per heavy atom. The number of anilines is 1. The van der Waals surface area contributed by atoms with Gasteiger partial charge in [-0.05, 0) is 91.0 Å². The molecule has 1 heterocycles. The Kier molecular flexibility index (Phi) is 9.78. The van der Waals surface area contributed by atoms with Gasteiger partial charge in [0, 0.05) is 28.7 Å². The quantitative estimate of drug-likeness (QED) is 0.242. The van der Waals surface area contributed by atoms with E-state index in [2.05, 4.69) is 34.3 Å². The van der Waals surface area contributed by atoms with E-state index in [0.29, 0.717) is 5.69 Å². The van der Waals surface area contributed by atoms with Crippen LogP contribution in [-0.4, -0.2) is 28.1 Å². The van der Waals surface area contributed by atoms with E-state index in [1.807, 2.05) is 18.2 Å². The van der Waals surface area contributed by atoms with Gasteiger partial charge < -0.3 is 15.8 Å². The number of nitrogen functional groups attached to an aromatic ring is 1. The van der Waals surface area contributed by atoms with Crippen molar-refractivity contribution in [2.45, 2.75) is 42.0 Å². The lowest BCUT2D eigenvalue weighted by atomic mass is 9.58. The number of hydrogen-bond acceptors (Lipinski definition) is 5. The van der Waals surface area contributed by atoms with Gasteiger partial charge in [-0.1, -0.05) is 36.2 Å². The fourth-order valence-electron chi connectivity index (χ4n) is 5.27. The van der Waals surface area contributed by atoms with Crippen LogP contribution in [0.3, 0.4) is 0 Å². The second-order valence-corrected chi connectivity index (χ2v) is 11.5. The van der Waals surface area contributed by atoms with Crippen molar-refractivity contribution in [1.82, 2.24) is 10.0 Å². The molecule has 1 aliphatic heterocycles. The van der Waals surface area contributed by atoms with Crippen LogP contribution in [0, 0.1) is 0 Å². The molecule has 1 atom stereocenters. The number of sulfonamides is 1. The summed E-state index contributed by atoms with van der Waals surface area (Å²) in [4.78, 5) is 0.183. The maximum absolute atomic E-state index is 12.5. The summed E-state index contributed by atoms with van der Waals surface area (Å²) < 4.78 is 33.5. The SMILES string of the molecule is Cl.Cl.Nc1ccc(S(=O)(=O)NCCOc2ccc3c(c2)C(C2(c4ccc(Cl)cc4)CCC2)NCC3)cc1. The molecule has 0 saturated heterocycles. The maximum atomic E-state index is 12.5. The molecule has 3 aromatic rings. The number of nitrogens with two attached hydrogens (primary N) is 1. The molecule has 0 radical (unpaired) electrons. The van der Waals surface area contributed by atoms with E-state index in [9.17, 15) is 8.42 Å². The van der Waals surface area contributed by atoms with Crippen LogP contribution in [0.15, 0.2) is 71.6 Å². The number of benzene rings is 3.